The molecule has 0 aliphatic heterocycles. The van der Waals surface area contributed by atoms with Gasteiger partial charge in [-0.3, -0.25) is 9.36 Å². The number of carboxylic acids is 1. The predicted molar refractivity (Wildman–Crippen MR) is 72.1 cm³/mol. The topological polar surface area (TPSA) is 106 Å². The van der Waals surface area contributed by atoms with Crippen molar-refractivity contribution in [3.8, 4) is 0 Å². The van der Waals surface area contributed by atoms with E-state index in [0.717, 1.165) is 23.1 Å². The van der Waals surface area contributed by atoms with E-state index in [9.17, 15) is 18.0 Å². The summed E-state index contributed by atoms with van der Waals surface area (Å²) in [7, 11) is -3.44. The predicted octanol–water partition coefficient (Wildman–Crippen LogP) is 0.355. The Hall–Kier alpha value is -2.48. The van der Waals surface area contributed by atoms with Crippen LogP contribution in [0, 0.1) is 0 Å². The molecule has 1 N–H and O–H groups in total. The Morgan fingerprint density at radius 3 is 2.70 bits per heavy atom. The molecule has 0 unspecified atom stereocenters. The van der Waals surface area contributed by atoms with E-state index in [2.05, 4.69) is 4.98 Å². The molecule has 20 heavy (non-hydrogen) atoms. The Labute approximate surface area is 113 Å². The number of hydrogen-bond acceptors (Lipinski definition) is 5. The van der Waals surface area contributed by atoms with Crippen LogP contribution in [0.3, 0.4) is 0 Å². The van der Waals surface area contributed by atoms with Crippen molar-refractivity contribution in [3.63, 3.8) is 0 Å². The average molecular weight is 294 g/mol. The summed E-state index contributed by atoms with van der Waals surface area (Å²) >= 11 is 0. The van der Waals surface area contributed by atoms with E-state index in [4.69, 9.17) is 5.11 Å². The fourth-order valence-corrected chi connectivity index (χ4v) is 2.24. The number of carbonyl (C=O) groups is 1. The van der Waals surface area contributed by atoms with Gasteiger partial charge < -0.3 is 5.11 Å². The molecule has 2 rings (SSSR count). The van der Waals surface area contributed by atoms with Crippen molar-refractivity contribution in [2.75, 3.05) is 6.26 Å². The molecule has 1 aromatic carbocycles. The van der Waals surface area contributed by atoms with Gasteiger partial charge in [0.05, 0.1) is 15.8 Å². The highest BCUT2D eigenvalue weighted by Gasteiger charge is 2.10. The van der Waals surface area contributed by atoms with Crippen LogP contribution in [0.15, 0.2) is 40.3 Å². The number of nitrogens with zero attached hydrogens (tertiary/aromatic N) is 2. The van der Waals surface area contributed by atoms with Gasteiger partial charge >= 0.3 is 5.97 Å². The number of fused-ring (bicyclic) bond motifs is 1. The Kier molecular flexibility index (Phi) is 3.41. The van der Waals surface area contributed by atoms with Gasteiger partial charge in [0.1, 0.15) is 6.33 Å². The molecule has 0 saturated carbocycles. The van der Waals surface area contributed by atoms with Crippen molar-refractivity contribution < 1.29 is 18.3 Å². The third-order valence-electron chi connectivity index (χ3n) is 2.56. The smallest absolute Gasteiger partial charge is 0.329 e. The number of carboxylic acid groups (broad SMARTS) is 1. The Bertz CT molecular complexity index is 880. The lowest BCUT2D eigenvalue weighted by Crippen LogP contribution is -2.16. The first-order valence-electron chi connectivity index (χ1n) is 5.41. The highest BCUT2D eigenvalue weighted by molar-refractivity contribution is 7.90. The van der Waals surface area contributed by atoms with Gasteiger partial charge in [0.25, 0.3) is 5.56 Å². The number of hydrogen-bond donors (Lipinski definition) is 1. The van der Waals surface area contributed by atoms with Gasteiger partial charge in [-0.15, -0.1) is 0 Å². The molecule has 0 fully saturated rings. The van der Waals surface area contributed by atoms with Crippen LogP contribution in [-0.4, -0.2) is 35.3 Å². The lowest BCUT2D eigenvalue weighted by Gasteiger charge is -2.03. The molecule has 1 aromatic heterocycles. The van der Waals surface area contributed by atoms with E-state index in [0.29, 0.717) is 5.52 Å². The molecule has 0 radical (unpaired) electrons. The number of aliphatic carboxylic acids is 1. The summed E-state index contributed by atoms with van der Waals surface area (Å²) in [6.45, 7) is 0. The van der Waals surface area contributed by atoms with Crippen LogP contribution >= 0.6 is 0 Å². The maximum absolute atomic E-state index is 12.1. The largest absolute Gasteiger partial charge is 0.478 e. The van der Waals surface area contributed by atoms with E-state index in [1.807, 2.05) is 0 Å². The average Bonchev–Trinajstić information content (AvgIpc) is 2.36. The van der Waals surface area contributed by atoms with Gasteiger partial charge in [-0.1, -0.05) is 0 Å². The van der Waals surface area contributed by atoms with Gasteiger partial charge in [0.15, 0.2) is 9.84 Å². The molecule has 0 atom stereocenters. The summed E-state index contributed by atoms with van der Waals surface area (Å²) in [5.41, 5.74) is -0.208. The minimum atomic E-state index is -3.44. The summed E-state index contributed by atoms with van der Waals surface area (Å²) in [5, 5.41) is 8.63. The second-order valence-electron chi connectivity index (χ2n) is 4.06. The molecule has 104 valence electrons. The minimum absolute atomic E-state index is 0.00358. The molecule has 7 nitrogen and oxygen atoms in total. The van der Waals surface area contributed by atoms with Gasteiger partial charge in [0.2, 0.25) is 0 Å². The summed E-state index contributed by atoms with van der Waals surface area (Å²) in [4.78, 5) is 26.5. The van der Waals surface area contributed by atoms with Crippen molar-refractivity contribution in [3.05, 3.63) is 41.0 Å². The Balaban J connectivity index is 2.71. The minimum Gasteiger partial charge on any atom is -0.478 e. The fourth-order valence-electron chi connectivity index (χ4n) is 1.60. The molecule has 1 heterocycles. The first kappa shape index (κ1) is 13.9. The van der Waals surface area contributed by atoms with E-state index >= 15 is 0 Å². The number of aromatic nitrogens is 2. The molecule has 2 aromatic rings. The van der Waals surface area contributed by atoms with Crippen molar-refractivity contribution in [2.45, 2.75) is 4.90 Å². The standard InChI is InChI=1S/C12H10N2O5S/c1-20(18,19)8-2-3-10-9(6-8)12(17)14(7-13-10)5-4-11(15)16/h2-7H,1H3,(H,15,16). The lowest BCUT2D eigenvalue weighted by atomic mass is 10.2. The highest BCUT2D eigenvalue weighted by Crippen LogP contribution is 2.14. The first-order valence-corrected chi connectivity index (χ1v) is 7.30. The lowest BCUT2D eigenvalue weighted by molar-refractivity contribution is -0.131. The van der Waals surface area contributed by atoms with Crippen molar-refractivity contribution in [1.82, 2.24) is 9.55 Å². The molecule has 0 aliphatic rings. The summed E-state index contributed by atoms with van der Waals surface area (Å²) < 4.78 is 23.9. The van der Waals surface area contributed by atoms with Crippen LogP contribution in [0.4, 0.5) is 0 Å². The summed E-state index contributed by atoms with van der Waals surface area (Å²) in [5.74, 6) is -1.21. The van der Waals surface area contributed by atoms with Crippen molar-refractivity contribution in [1.29, 1.82) is 0 Å². The normalized spacial score (nSPS) is 12.1. The van der Waals surface area contributed by atoms with Crippen molar-refractivity contribution in [2.24, 2.45) is 0 Å². The molecule has 0 spiro atoms. The Morgan fingerprint density at radius 1 is 1.40 bits per heavy atom. The fraction of sp³-hybridized carbons (Fsp3) is 0.0833. The molecule has 0 amide bonds. The third-order valence-corrected chi connectivity index (χ3v) is 3.67. The zero-order valence-electron chi connectivity index (χ0n) is 10.3. The van der Waals surface area contributed by atoms with Crippen molar-refractivity contribution >= 4 is 32.9 Å². The van der Waals surface area contributed by atoms with Crippen LogP contribution < -0.4 is 5.56 Å². The molecule has 0 aliphatic carbocycles. The number of rotatable bonds is 3. The summed E-state index contributed by atoms with van der Waals surface area (Å²) in [6, 6.07) is 4.02. The zero-order chi connectivity index (χ0) is 14.9. The molecule has 0 saturated heterocycles. The number of benzene rings is 1. The summed E-state index contributed by atoms with van der Waals surface area (Å²) in [6.07, 6.45) is 4.04. The maximum atomic E-state index is 12.1. The molecule has 8 heteroatoms. The molecular weight excluding hydrogens is 284 g/mol. The van der Waals surface area contributed by atoms with Gasteiger partial charge in [-0.25, -0.2) is 18.2 Å². The SMILES string of the molecule is CS(=O)(=O)c1ccc2ncn(C=CC(=O)O)c(=O)c2c1. The van der Waals surface area contributed by atoms with E-state index < -0.39 is 21.4 Å². The van der Waals surface area contributed by atoms with Crippen LogP contribution in [0.5, 0.6) is 0 Å². The van der Waals surface area contributed by atoms with Crippen LogP contribution in [0.25, 0.3) is 17.1 Å². The van der Waals surface area contributed by atoms with E-state index in [1.165, 1.54) is 24.5 Å². The van der Waals surface area contributed by atoms with Crippen LogP contribution in [0.2, 0.25) is 0 Å². The maximum Gasteiger partial charge on any atom is 0.329 e. The second kappa shape index (κ2) is 4.89. The van der Waals surface area contributed by atoms with E-state index in [1.54, 1.807) is 0 Å². The highest BCUT2D eigenvalue weighted by atomic mass is 32.2. The first-order chi connectivity index (χ1) is 9.29. The number of sulfone groups is 1. The van der Waals surface area contributed by atoms with Gasteiger partial charge in [-0.2, -0.15) is 0 Å². The molecular formula is C12H10N2O5S. The monoisotopic (exact) mass is 294 g/mol. The van der Waals surface area contributed by atoms with Gasteiger partial charge in [-0.05, 0) is 18.2 Å². The quantitative estimate of drug-likeness (QED) is 0.819. The zero-order valence-corrected chi connectivity index (χ0v) is 11.2. The van der Waals surface area contributed by atoms with Crippen LogP contribution in [0.1, 0.15) is 0 Å². The Morgan fingerprint density at radius 2 is 2.10 bits per heavy atom. The van der Waals surface area contributed by atoms with E-state index in [-0.39, 0.29) is 10.3 Å². The van der Waals surface area contributed by atoms with Crippen LogP contribution in [-0.2, 0) is 14.6 Å². The third kappa shape index (κ3) is 2.75. The second-order valence-corrected chi connectivity index (χ2v) is 6.08. The molecule has 0 bridgehead atoms. The van der Waals surface area contributed by atoms with Gasteiger partial charge in [0, 0.05) is 18.5 Å².